The number of esters is 1. The summed E-state index contributed by atoms with van der Waals surface area (Å²) in [4.78, 5) is 18.5. The third kappa shape index (κ3) is 3.56. The lowest BCUT2D eigenvalue weighted by Gasteiger charge is -2.34. The SMILES string of the molecule is COC(=O)C[C@H]1CSCCN1Cc1cn2cc(Cl)ccc2n1. The highest BCUT2D eigenvalue weighted by Crippen LogP contribution is 2.22. The number of carbonyl (C=O) groups is 1. The van der Waals surface area contributed by atoms with Gasteiger partial charge >= 0.3 is 5.97 Å². The van der Waals surface area contributed by atoms with Gasteiger partial charge in [0.15, 0.2) is 0 Å². The van der Waals surface area contributed by atoms with Crippen molar-refractivity contribution in [2.45, 2.75) is 19.0 Å². The summed E-state index contributed by atoms with van der Waals surface area (Å²) < 4.78 is 6.74. The minimum atomic E-state index is -0.153. The Hall–Kier alpha value is -1.24. The van der Waals surface area contributed by atoms with Crippen LogP contribution in [0, 0.1) is 0 Å². The summed E-state index contributed by atoms with van der Waals surface area (Å²) in [7, 11) is 1.44. The van der Waals surface area contributed by atoms with Crippen LogP contribution in [0.3, 0.4) is 0 Å². The van der Waals surface area contributed by atoms with Gasteiger partial charge in [-0.1, -0.05) is 11.6 Å². The van der Waals surface area contributed by atoms with Crippen LogP contribution in [-0.4, -0.2) is 51.5 Å². The number of ether oxygens (including phenoxy) is 1. The van der Waals surface area contributed by atoms with Crippen molar-refractivity contribution < 1.29 is 9.53 Å². The Balaban J connectivity index is 1.74. The number of nitrogens with zero attached hydrogens (tertiary/aromatic N) is 3. The third-order valence-electron chi connectivity index (χ3n) is 3.81. The topological polar surface area (TPSA) is 46.8 Å². The molecule has 1 aliphatic rings. The molecule has 0 spiro atoms. The van der Waals surface area contributed by atoms with Gasteiger partial charge < -0.3 is 9.14 Å². The van der Waals surface area contributed by atoms with E-state index in [2.05, 4.69) is 9.88 Å². The zero-order chi connectivity index (χ0) is 15.5. The van der Waals surface area contributed by atoms with Crippen LogP contribution in [0.4, 0.5) is 0 Å². The average molecular weight is 340 g/mol. The molecular weight excluding hydrogens is 322 g/mol. The molecule has 2 aromatic rings. The van der Waals surface area contributed by atoms with Crippen LogP contribution in [0.25, 0.3) is 5.65 Å². The predicted molar refractivity (Wildman–Crippen MR) is 88.4 cm³/mol. The maximum Gasteiger partial charge on any atom is 0.307 e. The second-order valence-corrected chi connectivity index (χ2v) is 6.91. The van der Waals surface area contributed by atoms with Crippen molar-refractivity contribution in [3.05, 3.63) is 35.2 Å². The van der Waals surface area contributed by atoms with Crippen LogP contribution >= 0.6 is 23.4 Å². The van der Waals surface area contributed by atoms with Gasteiger partial charge in [0.1, 0.15) is 5.65 Å². The number of rotatable bonds is 4. The Morgan fingerprint density at radius 2 is 2.36 bits per heavy atom. The molecule has 0 N–H and O–H groups in total. The maximum absolute atomic E-state index is 11.6. The molecule has 0 bridgehead atoms. The molecule has 3 heterocycles. The summed E-state index contributed by atoms with van der Waals surface area (Å²) in [6.07, 6.45) is 4.28. The summed E-state index contributed by atoms with van der Waals surface area (Å²) >= 11 is 7.89. The first kappa shape index (κ1) is 15.6. The molecular formula is C15H18ClN3O2S. The molecule has 1 fully saturated rings. The van der Waals surface area contributed by atoms with Gasteiger partial charge in [0.2, 0.25) is 0 Å². The minimum Gasteiger partial charge on any atom is -0.469 e. The molecule has 5 nitrogen and oxygen atoms in total. The molecule has 1 atom stereocenters. The van der Waals surface area contributed by atoms with Crippen LogP contribution < -0.4 is 0 Å². The van der Waals surface area contributed by atoms with Crippen molar-refractivity contribution in [1.29, 1.82) is 0 Å². The number of aromatic nitrogens is 2. The maximum atomic E-state index is 11.6. The molecule has 7 heteroatoms. The lowest BCUT2D eigenvalue weighted by atomic mass is 10.2. The summed E-state index contributed by atoms with van der Waals surface area (Å²) in [6, 6.07) is 3.95. The van der Waals surface area contributed by atoms with E-state index in [0.717, 1.165) is 35.9 Å². The van der Waals surface area contributed by atoms with Crippen molar-refractivity contribution in [3.63, 3.8) is 0 Å². The molecule has 22 heavy (non-hydrogen) atoms. The van der Waals surface area contributed by atoms with Crippen molar-refractivity contribution in [1.82, 2.24) is 14.3 Å². The number of halogens is 1. The minimum absolute atomic E-state index is 0.153. The number of carbonyl (C=O) groups excluding carboxylic acids is 1. The molecule has 0 aliphatic carbocycles. The van der Waals surface area contributed by atoms with E-state index in [0.29, 0.717) is 11.4 Å². The van der Waals surface area contributed by atoms with Crippen molar-refractivity contribution in [2.24, 2.45) is 0 Å². The van der Waals surface area contributed by atoms with Crippen LogP contribution in [0.2, 0.25) is 5.02 Å². The van der Waals surface area contributed by atoms with Crippen molar-refractivity contribution in [2.75, 3.05) is 25.2 Å². The molecule has 118 valence electrons. The quantitative estimate of drug-likeness (QED) is 0.801. The molecule has 1 aliphatic heterocycles. The van der Waals surface area contributed by atoms with E-state index in [-0.39, 0.29) is 12.0 Å². The van der Waals surface area contributed by atoms with Gasteiger partial charge in [0, 0.05) is 43.0 Å². The zero-order valence-electron chi connectivity index (χ0n) is 12.4. The number of fused-ring (bicyclic) bond motifs is 1. The fourth-order valence-electron chi connectivity index (χ4n) is 2.66. The Morgan fingerprint density at radius 3 is 3.18 bits per heavy atom. The standard InChI is InChI=1S/C15H18ClN3O2S/c1-21-15(20)6-13-10-22-5-4-18(13)8-12-9-19-7-11(16)2-3-14(19)17-12/h2-3,7,9,13H,4-6,8,10H2,1H3/t13-/m0/s1. The van der Waals surface area contributed by atoms with E-state index in [1.165, 1.54) is 7.11 Å². The summed E-state index contributed by atoms with van der Waals surface area (Å²) in [5.41, 5.74) is 1.87. The molecule has 0 radical (unpaired) electrons. The first-order valence-corrected chi connectivity index (χ1v) is 8.71. The highest BCUT2D eigenvalue weighted by atomic mass is 35.5. The normalized spacial score (nSPS) is 19.5. The first-order chi connectivity index (χ1) is 10.7. The van der Waals surface area contributed by atoms with Crippen LogP contribution in [0.15, 0.2) is 24.5 Å². The monoisotopic (exact) mass is 339 g/mol. The number of hydrogen-bond donors (Lipinski definition) is 0. The van der Waals surface area contributed by atoms with E-state index >= 15 is 0 Å². The lowest BCUT2D eigenvalue weighted by Crippen LogP contribution is -2.43. The van der Waals surface area contributed by atoms with E-state index in [9.17, 15) is 4.79 Å². The van der Waals surface area contributed by atoms with Gasteiger partial charge in [-0.15, -0.1) is 0 Å². The zero-order valence-corrected chi connectivity index (χ0v) is 13.9. The number of thioether (sulfide) groups is 1. The molecule has 0 aromatic carbocycles. The van der Waals surface area contributed by atoms with Crippen LogP contribution in [-0.2, 0) is 16.1 Å². The average Bonchev–Trinajstić information content (AvgIpc) is 2.90. The first-order valence-electron chi connectivity index (χ1n) is 7.17. The van der Waals surface area contributed by atoms with E-state index in [1.807, 2.05) is 40.7 Å². The number of methoxy groups -OCH3 is 1. The fraction of sp³-hybridized carbons (Fsp3) is 0.467. The molecule has 2 aromatic heterocycles. The van der Waals surface area contributed by atoms with Crippen LogP contribution in [0.5, 0.6) is 0 Å². The van der Waals surface area contributed by atoms with Gasteiger partial charge in [-0.3, -0.25) is 9.69 Å². The van der Waals surface area contributed by atoms with Gasteiger partial charge in [-0.2, -0.15) is 11.8 Å². The number of imidazole rings is 1. The summed E-state index contributed by atoms with van der Waals surface area (Å²) in [6.45, 7) is 1.70. The third-order valence-corrected chi connectivity index (χ3v) is 5.12. The smallest absolute Gasteiger partial charge is 0.307 e. The largest absolute Gasteiger partial charge is 0.469 e. The Labute approximate surface area is 138 Å². The Bertz CT molecular complexity index is 676. The second kappa shape index (κ2) is 6.89. The lowest BCUT2D eigenvalue weighted by molar-refractivity contribution is -0.141. The predicted octanol–water partition coefficient (Wildman–Crippen LogP) is 2.47. The van der Waals surface area contributed by atoms with Gasteiger partial charge in [0.25, 0.3) is 0 Å². The van der Waals surface area contributed by atoms with E-state index < -0.39 is 0 Å². The molecule has 0 saturated carbocycles. The molecule has 0 amide bonds. The van der Waals surface area contributed by atoms with Crippen molar-refractivity contribution >= 4 is 35.0 Å². The van der Waals surface area contributed by atoms with Gasteiger partial charge in [0.05, 0.1) is 24.2 Å². The highest BCUT2D eigenvalue weighted by molar-refractivity contribution is 7.99. The molecule has 1 saturated heterocycles. The number of hydrogen-bond acceptors (Lipinski definition) is 5. The summed E-state index contributed by atoms with van der Waals surface area (Å²) in [5.74, 6) is 1.88. The Kier molecular flexibility index (Phi) is 4.90. The second-order valence-electron chi connectivity index (χ2n) is 5.32. The van der Waals surface area contributed by atoms with E-state index in [1.54, 1.807) is 0 Å². The van der Waals surface area contributed by atoms with Gasteiger partial charge in [-0.05, 0) is 12.1 Å². The molecule has 0 unspecified atom stereocenters. The number of pyridine rings is 1. The van der Waals surface area contributed by atoms with Gasteiger partial charge in [-0.25, -0.2) is 4.98 Å². The van der Waals surface area contributed by atoms with Crippen LogP contribution in [0.1, 0.15) is 12.1 Å². The summed E-state index contributed by atoms with van der Waals surface area (Å²) in [5, 5.41) is 0.689. The van der Waals surface area contributed by atoms with Crippen molar-refractivity contribution in [3.8, 4) is 0 Å². The van der Waals surface area contributed by atoms with E-state index in [4.69, 9.17) is 16.3 Å². The molecule has 3 rings (SSSR count). The Morgan fingerprint density at radius 1 is 1.50 bits per heavy atom. The highest BCUT2D eigenvalue weighted by Gasteiger charge is 2.26. The fourth-order valence-corrected chi connectivity index (χ4v) is 3.96.